The Labute approximate surface area is 127 Å². The number of aromatic nitrogens is 1. The maximum Gasteiger partial charge on any atom is 0.234 e. The van der Waals surface area contributed by atoms with Gasteiger partial charge >= 0.3 is 0 Å². The second-order valence-corrected chi connectivity index (χ2v) is 4.97. The molecule has 106 valence electrons. The number of nitrogens with zero attached hydrogens (tertiary/aromatic N) is 2. The third-order valence-electron chi connectivity index (χ3n) is 2.50. The SMILES string of the molecule is CSCC(=O)Nc1ccc(Oc2ccc(C#N)cn2)cc1. The molecule has 1 amide bonds. The predicted molar refractivity (Wildman–Crippen MR) is 82.5 cm³/mol. The number of hydrogen-bond acceptors (Lipinski definition) is 5. The van der Waals surface area contributed by atoms with Gasteiger partial charge in [-0.05, 0) is 36.6 Å². The summed E-state index contributed by atoms with van der Waals surface area (Å²) >= 11 is 1.47. The summed E-state index contributed by atoms with van der Waals surface area (Å²) in [5.41, 5.74) is 1.20. The van der Waals surface area contributed by atoms with Gasteiger partial charge in [-0.15, -0.1) is 0 Å². The first-order valence-corrected chi connectivity index (χ1v) is 7.53. The zero-order chi connectivity index (χ0) is 15.1. The minimum atomic E-state index is -0.0371. The van der Waals surface area contributed by atoms with Gasteiger partial charge in [0.1, 0.15) is 11.8 Å². The van der Waals surface area contributed by atoms with Gasteiger partial charge in [-0.2, -0.15) is 17.0 Å². The second-order valence-electron chi connectivity index (χ2n) is 4.10. The lowest BCUT2D eigenvalue weighted by atomic mass is 10.3. The number of carbonyl (C=O) groups is 1. The molecule has 0 fully saturated rings. The van der Waals surface area contributed by atoms with Gasteiger partial charge in [0.15, 0.2) is 0 Å². The molecule has 6 heteroatoms. The highest BCUT2D eigenvalue weighted by Crippen LogP contribution is 2.21. The van der Waals surface area contributed by atoms with E-state index in [1.165, 1.54) is 18.0 Å². The average molecular weight is 299 g/mol. The minimum absolute atomic E-state index is 0.0371. The zero-order valence-electron chi connectivity index (χ0n) is 11.4. The zero-order valence-corrected chi connectivity index (χ0v) is 12.2. The van der Waals surface area contributed by atoms with Crippen LogP contribution in [-0.4, -0.2) is 22.9 Å². The lowest BCUT2D eigenvalue weighted by Crippen LogP contribution is -2.13. The van der Waals surface area contributed by atoms with E-state index in [0.29, 0.717) is 28.6 Å². The molecule has 1 aromatic carbocycles. The van der Waals surface area contributed by atoms with Crippen molar-refractivity contribution in [2.75, 3.05) is 17.3 Å². The largest absolute Gasteiger partial charge is 0.439 e. The Morgan fingerprint density at radius 2 is 2.10 bits per heavy atom. The molecule has 0 saturated carbocycles. The second kappa shape index (κ2) is 7.31. The number of thioether (sulfide) groups is 1. The van der Waals surface area contributed by atoms with Crippen molar-refractivity contribution in [3.8, 4) is 17.7 Å². The summed E-state index contributed by atoms with van der Waals surface area (Å²) in [4.78, 5) is 15.5. The van der Waals surface area contributed by atoms with Gasteiger partial charge in [0.2, 0.25) is 11.8 Å². The van der Waals surface area contributed by atoms with Crippen molar-refractivity contribution in [2.24, 2.45) is 0 Å². The molecule has 0 aliphatic rings. The standard InChI is InChI=1S/C15H13N3O2S/c1-21-10-14(19)18-12-3-5-13(6-4-12)20-15-7-2-11(8-16)9-17-15/h2-7,9H,10H2,1H3,(H,18,19). The Hall–Kier alpha value is -2.52. The highest BCUT2D eigenvalue weighted by atomic mass is 32.2. The Bertz CT molecular complexity index is 648. The van der Waals surface area contributed by atoms with Crippen LogP contribution >= 0.6 is 11.8 Å². The number of anilines is 1. The van der Waals surface area contributed by atoms with Gasteiger partial charge in [0, 0.05) is 18.0 Å². The minimum Gasteiger partial charge on any atom is -0.439 e. The van der Waals surface area contributed by atoms with Gasteiger partial charge in [0.05, 0.1) is 11.3 Å². The van der Waals surface area contributed by atoms with E-state index < -0.39 is 0 Å². The third kappa shape index (κ3) is 4.51. The van der Waals surface area contributed by atoms with Crippen LogP contribution in [0.3, 0.4) is 0 Å². The van der Waals surface area contributed by atoms with Crippen molar-refractivity contribution >= 4 is 23.4 Å². The first kappa shape index (κ1) is 14.9. The number of ether oxygens (including phenoxy) is 1. The van der Waals surface area contributed by atoms with Crippen LogP contribution < -0.4 is 10.1 Å². The van der Waals surface area contributed by atoms with Gasteiger partial charge in [-0.1, -0.05) is 0 Å². The summed E-state index contributed by atoms with van der Waals surface area (Å²) in [5, 5.41) is 11.5. The molecule has 0 bridgehead atoms. The van der Waals surface area contributed by atoms with Crippen LogP contribution in [0.4, 0.5) is 5.69 Å². The van der Waals surface area contributed by atoms with Crippen molar-refractivity contribution < 1.29 is 9.53 Å². The Balaban J connectivity index is 1.98. The highest BCUT2D eigenvalue weighted by Gasteiger charge is 2.02. The number of carbonyl (C=O) groups excluding carboxylic acids is 1. The Kier molecular flexibility index (Phi) is 5.18. The van der Waals surface area contributed by atoms with Gasteiger partial charge in [0.25, 0.3) is 0 Å². The number of amides is 1. The number of benzene rings is 1. The molecule has 0 radical (unpaired) electrons. The van der Waals surface area contributed by atoms with Crippen molar-refractivity contribution in [1.29, 1.82) is 5.26 Å². The number of nitrogens with one attached hydrogen (secondary N) is 1. The molecule has 2 rings (SSSR count). The number of nitriles is 1. The molecule has 0 aliphatic heterocycles. The highest BCUT2D eigenvalue weighted by molar-refractivity contribution is 7.99. The third-order valence-corrected chi connectivity index (χ3v) is 3.05. The van der Waals surface area contributed by atoms with Crippen LogP contribution in [0, 0.1) is 11.3 Å². The molecule has 0 saturated heterocycles. The monoisotopic (exact) mass is 299 g/mol. The molecule has 5 nitrogen and oxygen atoms in total. The summed E-state index contributed by atoms with van der Waals surface area (Å²) in [6, 6.07) is 12.3. The summed E-state index contributed by atoms with van der Waals surface area (Å²) in [6.45, 7) is 0. The fourth-order valence-corrected chi connectivity index (χ4v) is 1.90. The quantitative estimate of drug-likeness (QED) is 0.918. The molecule has 21 heavy (non-hydrogen) atoms. The first-order chi connectivity index (χ1) is 10.2. The van der Waals surface area contributed by atoms with Gasteiger partial charge in [-0.25, -0.2) is 4.98 Å². The molecule has 0 aliphatic carbocycles. The van der Waals surface area contributed by atoms with Crippen LogP contribution in [0.15, 0.2) is 42.6 Å². The maximum absolute atomic E-state index is 11.4. The number of pyridine rings is 1. The summed E-state index contributed by atoms with van der Waals surface area (Å²) in [5.74, 6) is 1.40. The fourth-order valence-electron chi connectivity index (χ4n) is 1.56. The van der Waals surface area contributed by atoms with Crippen LogP contribution in [0.5, 0.6) is 11.6 Å². The molecule has 0 unspecified atom stereocenters. The van der Waals surface area contributed by atoms with E-state index in [9.17, 15) is 4.79 Å². The first-order valence-electron chi connectivity index (χ1n) is 6.14. The molecule has 1 N–H and O–H groups in total. The van der Waals surface area contributed by atoms with E-state index in [1.807, 2.05) is 12.3 Å². The predicted octanol–water partition coefficient (Wildman–Crippen LogP) is 3.05. The molecule has 1 heterocycles. The summed E-state index contributed by atoms with van der Waals surface area (Å²) in [6.07, 6.45) is 3.33. The van der Waals surface area contributed by atoms with Crippen LogP contribution in [-0.2, 0) is 4.79 Å². The van der Waals surface area contributed by atoms with E-state index in [1.54, 1.807) is 36.4 Å². The topological polar surface area (TPSA) is 75.0 Å². The normalized spacial score (nSPS) is 9.71. The molecule has 0 spiro atoms. The smallest absolute Gasteiger partial charge is 0.234 e. The van der Waals surface area contributed by atoms with E-state index >= 15 is 0 Å². The van der Waals surface area contributed by atoms with E-state index in [-0.39, 0.29) is 5.91 Å². The molecule has 0 atom stereocenters. The van der Waals surface area contributed by atoms with Crippen molar-refractivity contribution in [3.05, 3.63) is 48.2 Å². The van der Waals surface area contributed by atoms with E-state index in [4.69, 9.17) is 10.00 Å². The van der Waals surface area contributed by atoms with E-state index in [0.717, 1.165) is 0 Å². The molecular weight excluding hydrogens is 286 g/mol. The Morgan fingerprint density at radius 1 is 1.33 bits per heavy atom. The van der Waals surface area contributed by atoms with E-state index in [2.05, 4.69) is 10.3 Å². The average Bonchev–Trinajstić information content (AvgIpc) is 2.50. The van der Waals surface area contributed by atoms with Crippen molar-refractivity contribution in [3.63, 3.8) is 0 Å². The molecular formula is C15H13N3O2S. The Morgan fingerprint density at radius 3 is 2.67 bits per heavy atom. The summed E-state index contributed by atoms with van der Waals surface area (Å²) < 4.78 is 5.55. The fraction of sp³-hybridized carbons (Fsp3) is 0.133. The van der Waals surface area contributed by atoms with Crippen molar-refractivity contribution in [1.82, 2.24) is 4.98 Å². The molecule has 1 aromatic heterocycles. The number of hydrogen-bond donors (Lipinski definition) is 1. The van der Waals surface area contributed by atoms with Crippen LogP contribution in [0.25, 0.3) is 0 Å². The van der Waals surface area contributed by atoms with Crippen LogP contribution in [0.2, 0.25) is 0 Å². The molecule has 2 aromatic rings. The lowest BCUT2D eigenvalue weighted by molar-refractivity contribution is -0.113. The van der Waals surface area contributed by atoms with Gasteiger partial charge in [-0.3, -0.25) is 4.79 Å². The lowest BCUT2D eigenvalue weighted by Gasteiger charge is -2.07. The van der Waals surface area contributed by atoms with Gasteiger partial charge < -0.3 is 10.1 Å². The van der Waals surface area contributed by atoms with Crippen molar-refractivity contribution in [2.45, 2.75) is 0 Å². The maximum atomic E-state index is 11.4. The number of rotatable bonds is 5. The van der Waals surface area contributed by atoms with Crippen LogP contribution in [0.1, 0.15) is 5.56 Å². The summed E-state index contributed by atoms with van der Waals surface area (Å²) in [7, 11) is 0.